The average molecular weight is 457 g/mol. The van der Waals surface area contributed by atoms with Gasteiger partial charge in [-0.3, -0.25) is 0 Å². The van der Waals surface area contributed by atoms with E-state index in [2.05, 4.69) is 19.6 Å². The van der Waals surface area contributed by atoms with Crippen molar-refractivity contribution in [3.05, 3.63) is 0 Å². The van der Waals surface area contributed by atoms with Crippen molar-refractivity contribution in [1.29, 1.82) is 0 Å². The van der Waals surface area contributed by atoms with Crippen molar-refractivity contribution in [3.8, 4) is 0 Å². The van der Waals surface area contributed by atoms with Crippen LogP contribution in [0.4, 0.5) is 0 Å². The Balaban J connectivity index is 2.11. The van der Waals surface area contributed by atoms with Crippen LogP contribution in [-0.4, -0.2) is 124 Å². The number of hydrogen-bond donors (Lipinski definition) is 7. The van der Waals surface area contributed by atoms with Gasteiger partial charge in [-0.1, -0.05) is 19.6 Å². The van der Waals surface area contributed by atoms with Crippen LogP contribution >= 0.6 is 0 Å². The Kier molecular flexibility index (Phi) is 8.75. The molecular formula is C17H32O12Si. The summed E-state index contributed by atoms with van der Waals surface area (Å²) < 4.78 is 21.3. The fraction of sp³-hybridized carbons (Fsp3) is 0.941. The van der Waals surface area contributed by atoms with Gasteiger partial charge in [-0.05, 0) is 6.04 Å². The zero-order valence-corrected chi connectivity index (χ0v) is 18.1. The molecule has 0 aromatic carbocycles. The Labute approximate surface area is 174 Å². The van der Waals surface area contributed by atoms with E-state index >= 15 is 0 Å². The van der Waals surface area contributed by atoms with E-state index in [1.807, 2.05) is 0 Å². The molecule has 0 aliphatic carbocycles. The molecule has 30 heavy (non-hydrogen) atoms. The number of hydrogen-bond acceptors (Lipinski definition) is 11. The fourth-order valence-corrected chi connectivity index (χ4v) is 3.87. The van der Waals surface area contributed by atoms with Crippen LogP contribution in [0.2, 0.25) is 25.7 Å². The van der Waals surface area contributed by atoms with Crippen molar-refractivity contribution >= 4 is 14.0 Å². The Morgan fingerprint density at radius 1 is 0.900 bits per heavy atom. The SMILES string of the molecule is C[Si](C)(C)CCO[C@@H]1O[C@H](C(=O)O)[C@H](O[C@H]2O[C@H](CO)[C@H](O)[C@H](O)[C@H]2O)[C@H](O)[C@H]1O. The van der Waals surface area contributed by atoms with Crippen LogP contribution in [0.3, 0.4) is 0 Å². The predicted octanol–water partition coefficient (Wildman–Crippen LogP) is -2.94. The lowest BCUT2D eigenvalue weighted by atomic mass is 9.97. The Morgan fingerprint density at radius 2 is 1.50 bits per heavy atom. The van der Waals surface area contributed by atoms with Crippen LogP contribution in [0.25, 0.3) is 0 Å². The number of aliphatic hydroxyl groups is 6. The monoisotopic (exact) mass is 456 g/mol. The molecule has 2 rings (SSSR count). The summed E-state index contributed by atoms with van der Waals surface area (Å²) in [5.41, 5.74) is 0. The molecule has 0 spiro atoms. The second-order valence-corrected chi connectivity index (χ2v) is 14.3. The van der Waals surface area contributed by atoms with Crippen LogP contribution in [0.1, 0.15) is 0 Å². The zero-order chi connectivity index (χ0) is 22.8. The lowest BCUT2D eigenvalue weighted by Gasteiger charge is -2.45. The van der Waals surface area contributed by atoms with Crippen LogP contribution in [0, 0.1) is 0 Å². The smallest absolute Gasteiger partial charge is 0.335 e. The Morgan fingerprint density at radius 3 is 2.03 bits per heavy atom. The van der Waals surface area contributed by atoms with Gasteiger partial charge >= 0.3 is 5.97 Å². The van der Waals surface area contributed by atoms with Gasteiger partial charge in [0.05, 0.1) is 6.61 Å². The average Bonchev–Trinajstić information content (AvgIpc) is 2.66. The molecule has 2 heterocycles. The second-order valence-electron chi connectivity index (χ2n) is 8.72. The molecule has 13 heteroatoms. The molecule has 10 atom stereocenters. The highest BCUT2D eigenvalue weighted by atomic mass is 28.3. The molecule has 0 amide bonds. The summed E-state index contributed by atoms with van der Waals surface area (Å²) in [5.74, 6) is -1.52. The first-order chi connectivity index (χ1) is 13.9. The minimum Gasteiger partial charge on any atom is -0.479 e. The number of ether oxygens (including phenoxy) is 4. The second kappa shape index (κ2) is 10.3. The summed E-state index contributed by atoms with van der Waals surface area (Å²) in [4.78, 5) is 11.7. The van der Waals surface area contributed by atoms with Gasteiger partial charge in [0.25, 0.3) is 0 Å². The summed E-state index contributed by atoms with van der Waals surface area (Å²) in [6.45, 7) is 5.80. The Bertz CT molecular complexity index is 569. The molecule has 0 bridgehead atoms. The molecule has 0 unspecified atom stereocenters. The van der Waals surface area contributed by atoms with E-state index in [0.29, 0.717) is 0 Å². The van der Waals surface area contributed by atoms with E-state index in [9.17, 15) is 40.5 Å². The number of aliphatic hydroxyl groups excluding tert-OH is 6. The maximum Gasteiger partial charge on any atom is 0.335 e. The van der Waals surface area contributed by atoms with Gasteiger partial charge in [-0.25, -0.2) is 4.79 Å². The highest BCUT2D eigenvalue weighted by molar-refractivity contribution is 6.76. The van der Waals surface area contributed by atoms with E-state index in [1.54, 1.807) is 0 Å². The summed E-state index contributed by atoms with van der Waals surface area (Å²) in [6, 6.07) is 0.720. The quantitative estimate of drug-likeness (QED) is 0.184. The molecule has 0 saturated carbocycles. The molecule has 7 N–H and O–H groups in total. The third-order valence-corrected chi connectivity index (χ3v) is 6.77. The van der Waals surface area contributed by atoms with Gasteiger partial charge in [0.15, 0.2) is 18.7 Å². The molecule has 176 valence electrons. The first kappa shape index (κ1) is 25.5. The van der Waals surface area contributed by atoms with Crippen molar-refractivity contribution in [2.75, 3.05) is 13.2 Å². The van der Waals surface area contributed by atoms with Gasteiger partial charge in [-0.15, -0.1) is 0 Å². The molecule has 2 aliphatic heterocycles. The highest BCUT2D eigenvalue weighted by Gasteiger charge is 2.52. The first-order valence-corrected chi connectivity index (χ1v) is 13.4. The van der Waals surface area contributed by atoms with Crippen LogP contribution < -0.4 is 0 Å². The maximum absolute atomic E-state index is 11.7. The lowest BCUT2D eigenvalue weighted by Crippen LogP contribution is -2.65. The third kappa shape index (κ3) is 5.95. The third-order valence-electron chi connectivity index (χ3n) is 5.06. The summed E-state index contributed by atoms with van der Waals surface area (Å²) in [6.07, 6.45) is -16.5. The minimum absolute atomic E-state index is 0.203. The van der Waals surface area contributed by atoms with Gasteiger partial charge in [0.1, 0.15) is 42.7 Å². The topological polar surface area (TPSA) is 196 Å². The van der Waals surface area contributed by atoms with E-state index in [0.717, 1.165) is 6.04 Å². The summed E-state index contributed by atoms with van der Waals surface area (Å²) in [5, 5.41) is 69.3. The van der Waals surface area contributed by atoms with Crippen LogP contribution in [0.15, 0.2) is 0 Å². The van der Waals surface area contributed by atoms with E-state index in [-0.39, 0.29) is 6.61 Å². The van der Waals surface area contributed by atoms with Crippen molar-refractivity contribution in [1.82, 2.24) is 0 Å². The molecule has 0 aromatic heterocycles. The zero-order valence-electron chi connectivity index (χ0n) is 17.1. The largest absolute Gasteiger partial charge is 0.479 e. The van der Waals surface area contributed by atoms with Crippen LogP contribution in [-0.2, 0) is 23.7 Å². The molecular weight excluding hydrogens is 424 g/mol. The standard InChI is InChI=1S/C17H32O12Si/c1-30(2,3)5-4-26-16-12(23)10(21)13(14(29-16)15(24)25)28-17-11(22)9(20)8(19)7(6-18)27-17/h7-14,16-23H,4-6H2,1-3H3,(H,24,25)/t7-,8+,9+,10-,11-,12-,13-,14+,16-,17-/m1/s1. The van der Waals surface area contributed by atoms with Crippen LogP contribution in [0.5, 0.6) is 0 Å². The maximum atomic E-state index is 11.7. The number of carboxylic acids is 1. The van der Waals surface area contributed by atoms with Gasteiger partial charge in [0.2, 0.25) is 0 Å². The fourth-order valence-electron chi connectivity index (χ4n) is 3.14. The molecule has 12 nitrogen and oxygen atoms in total. The first-order valence-electron chi connectivity index (χ1n) is 9.69. The highest BCUT2D eigenvalue weighted by Crippen LogP contribution is 2.30. The van der Waals surface area contributed by atoms with Gasteiger partial charge in [0, 0.05) is 14.7 Å². The van der Waals surface area contributed by atoms with Gasteiger partial charge < -0.3 is 54.7 Å². The summed E-state index contributed by atoms with van der Waals surface area (Å²) in [7, 11) is -1.47. The lowest BCUT2D eigenvalue weighted by molar-refractivity contribution is -0.354. The molecule has 2 saturated heterocycles. The van der Waals surface area contributed by atoms with Crippen molar-refractivity contribution in [2.24, 2.45) is 0 Å². The van der Waals surface area contributed by atoms with E-state index in [1.165, 1.54) is 0 Å². The molecule has 2 aliphatic rings. The van der Waals surface area contributed by atoms with Crippen molar-refractivity contribution < 1.29 is 59.5 Å². The van der Waals surface area contributed by atoms with Gasteiger partial charge in [-0.2, -0.15) is 0 Å². The summed E-state index contributed by atoms with van der Waals surface area (Å²) >= 11 is 0. The Hall–Kier alpha value is -0.713. The minimum atomic E-state index is -1.81. The number of aliphatic carboxylic acids is 1. The van der Waals surface area contributed by atoms with E-state index in [4.69, 9.17) is 18.9 Å². The normalized spacial score (nSPS) is 42.8. The van der Waals surface area contributed by atoms with E-state index < -0.39 is 82.1 Å². The molecule has 2 fully saturated rings. The van der Waals surface area contributed by atoms with Crippen molar-refractivity contribution in [3.63, 3.8) is 0 Å². The number of carbonyl (C=O) groups is 1. The number of rotatable bonds is 8. The molecule has 0 aromatic rings. The van der Waals surface area contributed by atoms with Crippen molar-refractivity contribution in [2.45, 2.75) is 87.1 Å². The number of carboxylic acid groups (broad SMARTS) is 1. The predicted molar refractivity (Wildman–Crippen MR) is 101 cm³/mol. The molecule has 0 radical (unpaired) electrons.